The van der Waals surface area contributed by atoms with Crippen molar-refractivity contribution in [3.05, 3.63) is 59.2 Å². The molecule has 2 saturated heterocycles. The number of fused-ring (bicyclic) bond motifs is 3. The van der Waals surface area contributed by atoms with Gasteiger partial charge in [-0.1, -0.05) is 31.2 Å². The molecule has 0 saturated carbocycles. The minimum absolute atomic E-state index is 0.0928. The SMILES string of the molecule is COC(=O)CCCCN1C(=O)[C@@]2(O[C@@H](CC(=O)N3Cc4ccccc4C[C@H]3CO)[C@H]([Si](C)(C)F)[C@H]2C)c2cc(N3CCNCC3=O)ccc21. The number of aliphatic hydroxyl groups excluding tert-OH is 1. The highest BCUT2D eigenvalue weighted by molar-refractivity contribution is 6.72. The Kier molecular flexibility index (Phi) is 10.0. The molecule has 264 valence electrons. The summed E-state index contributed by atoms with van der Waals surface area (Å²) in [6, 6.07) is 12.9. The molecule has 13 heteroatoms. The number of anilines is 2. The minimum atomic E-state index is -3.56. The van der Waals surface area contributed by atoms with Crippen molar-refractivity contribution >= 4 is 43.5 Å². The molecular weight excluding hydrogens is 648 g/mol. The van der Waals surface area contributed by atoms with E-state index in [1.165, 1.54) is 7.11 Å². The van der Waals surface area contributed by atoms with Gasteiger partial charge in [-0.05, 0) is 61.7 Å². The van der Waals surface area contributed by atoms with E-state index in [0.717, 1.165) is 11.1 Å². The first-order valence-electron chi connectivity index (χ1n) is 17.3. The fourth-order valence-electron chi connectivity index (χ4n) is 8.48. The van der Waals surface area contributed by atoms with Crippen LogP contribution in [0.1, 0.15) is 49.3 Å². The Balaban J connectivity index is 1.35. The Morgan fingerprint density at radius 2 is 1.90 bits per heavy atom. The predicted octanol–water partition coefficient (Wildman–Crippen LogP) is 3.42. The molecule has 4 aliphatic rings. The van der Waals surface area contributed by atoms with Gasteiger partial charge in [-0.3, -0.25) is 19.2 Å². The lowest BCUT2D eigenvalue weighted by atomic mass is 9.82. The van der Waals surface area contributed by atoms with Crippen molar-refractivity contribution in [2.75, 3.05) is 49.7 Å². The van der Waals surface area contributed by atoms with Crippen LogP contribution in [0, 0.1) is 5.92 Å². The number of piperazine rings is 1. The fraction of sp³-hybridized carbons (Fsp3) is 0.556. The average molecular weight is 695 g/mol. The molecule has 11 nitrogen and oxygen atoms in total. The first-order valence-corrected chi connectivity index (χ1v) is 20.2. The second-order valence-electron chi connectivity index (χ2n) is 14.2. The van der Waals surface area contributed by atoms with E-state index in [4.69, 9.17) is 9.47 Å². The minimum Gasteiger partial charge on any atom is -0.469 e. The van der Waals surface area contributed by atoms with Gasteiger partial charge in [0, 0.05) is 55.3 Å². The van der Waals surface area contributed by atoms with Gasteiger partial charge < -0.3 is 38.7 Å². The number of methoxy groups -OCH3 is 1. The number of hydrogen-bond acceptors (Lipinski definition) is 8. The largest absolute Gasteiger partial charge is 0.469 e. The number of benzene rings is 2. The molecule has 3 amide bonds. The molecule has 49 heavy (non-hydrogen) atoms. The summed E-state index contributed by atoms with van der Waals surface area (Å²) in [5, 5.41) is 13.3. The molecule has 0 aliphatic carbocycles. The van der Waals surface area contributed by atoms with Crippen LogP contribution in [0.3, 0.4) is 0 Å². The van der Waals surface area contributed by atoms with Crippen LogP contribution in [0.2, 0.25) is 18.6 Å². The summed E-state index contributed by atoms with van der Waals surface area (Å²) in [5.41, 5.74) is 1.66. The van der Waals surface area contributed by atoms with E-state index in [9.17, 15) is 24.3 Å². The number of rotatable bonds is 10. The summed E-state index contributed by atoms with van der Waals surface area (Å²) in [5.74, 6) is -1.61. The molecule has 2 fully saturated rings. The Hall–Kier alpha value is -3.65. The van der Waals surface area contributed by atoms with E-state index in [-0.39, 0.29) is 49.7 Å². The van der Waals surface area contributed by atoms with E-state index < -0.39 is 37.6 Å². The van der Waals surface area contributed by atoms with Crippen LogP contribution >= 0.6 is 0 Å². The van der Waals surface area contributed by atoms with Gasteiger partial charge in [0.15, 0.2) is 5.60 Å². The van der Waals surface area contributed by atoms with Gasteiger partial charge in [-0.25, -0.2) is 0 Å². The summed E-state index contributed by atoms with van der Waals surface area (Å²) in [4.78, 5) is 58.5. The Morgan fingerprint density at radius 3 is 2.59 bits per heavy atom. The Bertz CT molecular complexity index is 1620. The van der Waals surface area contributed by atoms with E-state index in [0.29, 0.717) is 62.4 Å². The van der Waals surface area contributed by atoms with Crippen molar-refractivity contribution in [1.82, 2.24) is 10.2 Å². The quantitative estimate of drug-likeness (QED) is 0.168. The van der Waals surface area contributed by atoms with E-state index in [1.807, 2.05) is 49.4 Å². The topological polar surface area (TPSA) is 129 Å². The summed E-state index contributed by atoms with van der Waals surface area (Å²) in [6.07, 6.45) is 0.756. The first-order chi connectivity index (χ1) is 23.4. The van der Waals surface area contributed by atoms with Crippen LogP contribution in [0.4, 0.5) is 15.5 Å². The van der Waals surface area contributed by atoms with Crippen molar-refractivity contribution in [3.63, 3.8) is 0 Å². The second-order valence-corrected chi connectivity index (χ2v) is 18.0. The zero-order chi connectivity index (χ0) is 35.1. The number of halogens is 1. The number of nitrogens with one attached hydrogen (secondary N) is 1. The van der Waals surface area contributed by atoms with Crippen LogP contribution in [0.25, 0.3) is 0 Å². The maximum atomic E-state index is 16.5. The number of esters is 1. The summed E-state index contributed by atoms with van der Waals surface area (Å²) in [6.45, 7) is 6.76. The van der Waals surface area contributed by atoms with Crippen molar-refractivity contribution in [1.29, 1.82) is 0 Å². The van der Waals surface area contributed by atoms with Crippen molar-refractivity contribution in [2.45, 2.75) is 82.0 Å². The number of unbranched alkanes of at least 4 members (excludes halogenated alkanes) is 1. The molecule has 5 atom stereocenters. The zero-order valence-corrected chi connectivity index (χ0v) is 29.7. The molecule has 2 N–H and O–H groups in total. The number of aliphatic hydroxyl groups is 1. The molecule has 2 aromatic carbocycles. The molecule has 0 bridgehead atoms. The molecular formula is C36H47FN4O7Si. The third kappa shape index (κ3) is 6.41. The fourth-order valence-corrected chi connectivity index (χ4v) is 11.0. The third-order valence-electron chi connectivity index (χ3n) is 10.8. The first kappa shape index (κ1) is 35.2. The van der Waals surface area contributed by atoms with Crippen molar-refractivity contribution in [2.24, 2.45) is 5.92 Å². The highest BCUT2D eigenvalue weighted by Gasteiger charge is 2.67. The molecule has 0 unspecified atom stereocenters. The predicted molar refractivity (Wildman–Crippen MR) is 184 cm³/mol. The Labute approximate surface area is 287 Å². The smallest absolute Gasteiger partial charge is 0.305 e. The van der Waals surface area contributed by atoms with Crippen molar-refractivity contribution < 1.29 is 37.9 Å². The van der Waals surface area contributed by atoms with Gasteiger partial charge >= 0.3 is 5.97 Å². The van der Waals surface area contributed by atoms with Crippen molar-refractivity contribution in [3.8, 4) is 0 Å². The molecule has 1 spiro atoms. The van der Waals surface area contributed by atoms with Crippen LogP contribution in [0.15, 0.2) is 42.5 Å². The highest BCUT2D eigenvalue weighted by Crippen LogP contribution is 2.60. The van der Waals surface area contributed by atoms with Gasteiger partial charge in [0.05, 0.1) is 44.5 Å². The number of carbonyl (C=O) groups excluding carboxylic acids is 4. The normalized spacial score (nSPS) is 26.7. The highest BCUT2D eigenvalue weighted by atomic mass is 28.4. The average Bonchev–Trinajstić information content (AvgIpc) is 3.51. The molecule has 4 heterocycles. The maximum absolute atomic E-state index is 16.5. The standard InChI is InChI=1S/C36H47FN4O7Si/c1-23-34(49(3,4)37)30(19-31(43)41-21-25-10-6-5-9-24(25)17-27(41)22-42)48-36(23)28-18-26(39-16-14-38-20-32(39)44)12-13-29(28)40(35(36)46)15-8-7-11-33(45)47-2/h5-6,9-10,12-13,18,23,27,30,34,38,42H,7-8,11,14-17,19-22H2,1-4H3/t23-,27+,30+,34-,36+/m1/s1. The van der Waals surface area contributed by atoms with E-state index in [2.05, 4.69) is 5.32 Å². The van der Waals surface area contributed by atoms with Crippen LogP contribution in [-0.4, -0.2) is 94.1 Å². The van der Waals surface area contributed by atoms with Gasteiger partial charge in [-0.15, -0.1) is 0 Å². The zero-order valence-electron chi connectivity index (χ0n) is 28.7. The maximum Gasteiger partial charge on any atom is 0.305 e. The van der Waals surface area contributed by atoms with Crippen LogP contribution in [0.5, 0.6) is 0 Å². The van der Waals surface area contributed by atoms with Crippen LogP contribution in [-0.2, 0) is 47.2 Å². The summed E-state index contributed by atoms with van der Waals surface area (Å²) < 4.78 is 28.2. The van der Waals surface area contributed by atoms with Gasteiger partial charge in [0.2, 0.25) is 20.2 Å². The van der Waals surface area contributed by atoms with E-state index >= 15 is 4.11 Å². The summed E-state index contributed by atoms with van der Waals surface area (Å²) in [7, 11) is -2.22. The number of hydrogen-bond donors (Lipinski definition) is 2. The molecule has 6 rings (SSSR count). The number of amides is 3. The lowest BCUT2D eigenvalue weighted by molar-refractivity contribution is -0.151. The number of ether oxygens (including phenoxy) is 2. The van der Waals surface area contributed by atoms with Gasteiger partial charge in [0.25, 0.3) is 5.91 Å². The monoisotopic (exact) mass is 694 g/mol. The second kappa shape index (κ2) is 13.9. The van der Waals surface area contributed by atoms with Crippen LogP contribution < -0.4 is 15.1 Å². The lowest BCUT2D eigenvalue weighted by Gasteiger charge is -2.37. The Morgan fingerprint density at radius 1 is 1.14 bits per heavy atom. The van der Waals surface area contributed by atoms with Gasteiger partial charge in [-0.2, -0.15) is 0 Å². The molecule has 2 aromatic rings. The summed E-state index contributed by atoms with van der Waals surface area (Å²) >= 11 is 0. The molecule has 0 radical (unpaired) electrons. The van der Waals surface area contributed by atoms with E-state index in [1.54, 1.807) is 27.8 Å². The lowest BCUT2D eigenvalue weighted by Crippen LogP contribution is -2.48. The molecule has 0 aromatic heterocycles. The third-order valence-corrected chi connectivity index (χ3v) is 13.3. The number of nitrogens with zero attached hydrogens (tertiary/aromatic N) is 3. The van der Waals surface area contributed by atoms with Gasteiger partial charge in [0.1, 0.15) is 0 Å². The number of carbonyl (C=O) groups is 4. The molecule has 4 aliphatic heterocycles.